The first-order valence-electron chi connectivity index (χ1n) is 8.76. The quantitative estimate of drug-likeness (QED) is 0.313. The summed E-state index contributed by atoms with van der Waals surface area (Å²) in [4.78, 5) is 25.3. The van der Waals surface area contributed by atoms with E-state index < -0.39 is 5.97 Å². The fraction of sp³-hybridized carbons (Fsp3) is 0. The van der Waals surface area contributed by atoms with E-state index in [0.29, 0.717) is 16.7 Å². The van der Waals surface area contributed by atoms with Crippen molar-refractivity contribution in [3.63, 3.8) is 0 Å². The van der Waals surface area contributed by atoms with Crippen molar-refractivity contribution >= 4 is 22.5 Å². The largest absolute Gasteiger partial charge is 0.504 e. The van der Waals surface area contributed by atoms with E-state index in [0.717, 1.165) is 10.8 Å². The maximum absolute atomic E-state index is 13.1. The number of carbonyl (C=O) groups is 2. The molecule has 0 bridgehead atoms. The summed E-state index contributed by atoms with van der Waals surface area (Å²) in [6, 6.07) is 25.9. The third kappa shape index (κ3) is 3.35. The molecule has 0 amide bonds. The Kier molecular flexibility index (Phi) is 4.60. The van der Waals surface area contributed by atoms with Gasteiger partial charge in [-0.1, -0.05) is 60.7 Å². The summed E-state index contributed by atoms with van der Waals surface area (Å²) < 4.78 is 5.30. The van der Waals surface area contributed by atoms with Gasteiger partial charge in [0.15, 0.2) is 17.3 Å². The van der Waals surface area contributed by atoms with Crippen molar-refractivity contribution in [1.29, 1.82) is 0 Å². The lowest BCUT2D eigenvalue weighted by atomic mass is 9.97. The van der Waals surface area contributed by atoms with Crippen molar-refractivity contribution in [2.24, 2.45) is 0 Å². The third-order valence-electron chi connectivity index (χ3n) is 4.47. The highest BCUT2D eigenvalue weighted by Gasteiger charge is 2.17. The third-order valence-corrected chi connectivity index (χ3v) is 4.47. The SMILES string of the molecule is O=C(Oc1cc(C(=O)c2cccc3ccccc23)ccc1O)c1ccccc1. The Hall–Kier alpha value is -3.92. The number of hydrogen-bond acceptors (Lipinski definition) is 4. The predicted octanol–water partition coefficient (Wildman–Crippen LogP) is 5.00. The van der Waals surface area contributed by atoms with Gasteiger partial charge in [0.2, 0.25) is 0 Å². The standard InChI is InChI=1S/C24H16O4/c25-21-14-13-18(15-22(21)28-24(27)17-8-2-1-3-9-17)23(26)20-12-6-10-16-7-4-5-11-19(16)20/h1-15,25H. The number of phenols is 1. The van der Waals surface area contributed by atoms with Crippen molar-refractivity contribution in [2.45, 2.75) is 0 Å². The van der Waals surface area contributed by atoms with Gasteiger partial charge in [-0.2, -0.15) is 0 Å². The summed E-state index contributed by atoms with van der Waals surface area (Å²) in [5.41, 5.74) is 1.22. The van der Waals surface area contributed by atoms with Crippen LogP contribution >= 0.6 is 0 Å². The number of benzene rings is 4. The molecule has 1 N–H and O–H groups in total. The van der Waals surface area contributed by atoms with Gasteiger partial charge in [-0.05, 0) is 41.1 Å². The molecular weight excluding hydrogens is 352 g/mol. The minimum Gasteiger partial charge on any atom is -0.504 e. The Labute approximate surface area is 161 Å². The van der Waals surface area contributed by atoms with Crippen LogP contribution in [0.4, 0.5) is 0 Å². The van der Waals surface area contributed by atoms with E-state index in [1.807, 2.05) is 36.4 Å². The average molecular weight is 368 g/mol. The van der Waals surface area contributed by atoms with Crippen LogP contribution in [0.25, 0.3) is 10.8 Å². The van der Waals surface area contributed by atoms with Crippen LogP contribution in [-0.2, 0) is 0 Å². The number of carbonyl (C=O) groups excluding carboxylic acids is 2. The molecule has 136 valence electrons. The van der Waals surface area contributed by atoms with Gasteiger partial charge in [0, 0.05) is 11.1 Å². The molecule has 0 aliphatic carbocycles. The van der Waals surface area contributed by atoms with E-state index in [-0.39, 0.29) is 17.3 Å². The lowest BCUT2D eigenvalue weighted by molar-refractivity contribution is 0.0728. The molecule has 0 heterocycles. The van der Waals surface area contributed by atoms with E-state index in [9.17, 15) is 14.7 Å². The first-order chi connectivity index (χ1) is 13.6. The Balaban J connectivity index is 1.68. The Morgan fingerprint density at radius 2 is 1.43 bits per heavy atom. The molecule has 4 aromatic rings. The van der Waals surface area contributed by atoms with Crippen LogP contribution in [0.5, 0.6) is 11.5 Å². The molecule has 4 nitrogen and oxygen atoms in total. The molecule has 0 aromatic heterocycles. The van der Waals surface area contributed by atoms with E-state index in [4.69, 9.17) is 4.74 Å². The number of ketones is 1. The zero-order valence-electron chi connectivity index (χ0n) is 14.8. The molecular formula is C24H16O4. The van der Waals surface area contributed by atoms with Crippen LogP contribution in [-0.4, -0.2) is 16.9 Å². The lowest BCUT2D eigenvalue weighted by Gasteiger charge is -2.10. The number of fused-ring (bicyclic) bond motifs is 1. The molecule has 0 unspecified atom stereocenters. The van der Waals surface area contributed by atoms with Gasteiger partial charge in [0.25, 0.3) is 0 Å². The normalized spacial score (nSPS) is 10.6. The second-order valence-electron chi connectivity index (χ2n) is 6.29. The molecule has 4 aromatic carbocycles. The molecule has 0 atom stereocenters. The number of aromatic hydroxyl groups is 1. The summed E-state index contributed by atoms with van der Waals surface area (Å²) in [7, 11) is 0. The van der Waals surface area contributed by atoms with E-state index in [1.54, 1.807) is 36.4 Å². The van der Waals surface area contributed by atoms with Gasteiger partial charge in [-0.3, -0.25) is 4.79 Å². The first kappa shape index (κ1) is 17.5. The van der Waals surface area contributed by atoms with Crippen LogP contribution in [0.3, 0.4) is 0 Å². The predicted molar refractivity (Wildman–Crippen MR) is 107 cm³/mol. The van der Waals surface area contributed by atoms with E-state index in [1.165, 1.54) is 18.2 Å². The molecule has 0 fully saturated rings. The first-order valence-corrected chi connectivity index (χ1v) is 8.76. The number of phenolic OH excluding ortho intramolecular Hbond substituents is 1. The molecule has 0 saturated carbocycles. The van der Waals surface area contributed by atoms with Crippen molar-refractivity contribution in [3.8, 4) is 11.5 Å². The van der Waals surface area contributed by atoms with Crippen LogP contribution in [0, 0.1) is 0 Å². The number of esters is 1. The Bertz CT molecular complexity index is 1170. The fourth-order valence-electron chi connectivity index (χ4n) is 3.05. The summed E-state index contributed by atoms with van der Waals surface area (Å²) in [5, 5.41) is 11.9. The van der Waals surface area contributed by atoms with Crippen molar-refractivity contribution in [3.05, 3.63) is 108 Å². The van der Waals surface area contributed by atoms with Crippen molar-refractivity contribution in [2.75, 3.05) is 0 Å². The molecule has 0 saturated heterocycles. The molecule has 0 spiro atoms. The van der Waals surface area contributed by atoms with Gasteiger partial charge in [-0.25, -0.2) is 4.79 Å². The van der Waals surface area contributed by atoms with Crippen molar-refractivity contribution < 1.29 is 19.4 Å². The highest BCUT2D eigenvalue weighted by atomic mass is 16.5. The smallest absolute Gasteiger partial charge is 0.343 e. The van der Waals surface area contributed by atoms with Gasteiger partial charge >= 0.3 is 5.97 Å². The summed E-state index contributed by atoms with van der Waals surface area (Å²) in [6.07, 6.45) is 0. The minimum atomic E-state index is -0.606. The molecule has 0 radical (unpaired) electrons. The molecule has 4 rings (SSSR count). The maximum atomic E-state index is 13.1. The highest BCUT2D eigenvalue weighted by Crippen LogP contribution is 2.30. The summed E-state index contributed by atoms with van der Waals surface area (Å²) in [5.74, 6) is -1.09. The molecule has 28 heavy (non-hydrogen) atoms. The zero-order chi connectivity index (χ0) is 19.5. The number of rotatable bonds is 4. The van der Waals surface area contributed by atoms with Gasteiger partial charge in [0.05, 0.1) is 5.56 Å². The van der Waals surface area contributed by atoms with Gasteiger partial charge in [0.1, 0.15) is 0 Å². The fourth-order valence-corrected chi connectivity index (χ4v) is 3.05. The van der Waals surface area contributed by atoms with Crippen molar-refractivity contribution in [1.82, 2.24) is 0 Å². The van der Waals surface area contributed by atoms with Crippen LogP contribution < -0.4 is 4.74 Å². The van der Waals surface area contributed by atoms with Gasteiger partial charge < -0.3 is 9.84 Å². The highest BCUT2D eigenvalue weighted by molar-refractivity contribution is 6.16. The Morgan fingerprint density at radius 1 is 0.714 bits per heavy atom. The second kappa shape index (κ2) is 7.37. The average Bonchev–Trinajstić information content (AvgIpc) is 2.75. The maximum Gasteiger partial charge on any atom is 0.343 e. The van der Waals surface area contributed by atoms with Crippen LogP contribution in [0.15, 0.2) is 91.0 Å². The van der Waals surface area contributed by atoms with Crippen LogP contribution in [0.1, 0.15) is 26.3 Å². The molecule has 0 aliphatic heterocycles. The molecule has 0 aliphatic rings. The monoisotopic (exact) mass is 368 g/mol. The topological polar surface area (TPSA) is 63.6 Å². The molecule has 4 heteroatoms. The number of hydrogen-bond donors (Lipinski definition) is 1. The van der Waals surface area contributed by atoms with Crippen LogP contribution in [0.2, 0.25) is 0 Å². The Morgan fingerprint density at radius 3 is 2.25 bits per heavy atom. The summed E-state index contributed by atoms with van der Waals surface area (Å²) >= 11 is 0. The zero-order valence-corrected chi connectivity index (χ0v) is 14.8. The van der Waals surface area contributed by atoms with E-state index in [2.05, 4.69) is 0 Å². The summed E-state index contributed by atoms with van der Waals surface area (Å²) in [6.45, 7) is 0. The number of ether oxygens (including phenoxy) is 1. The van der Waals surface area contributed by atoms with E-state index >= 15 is 0 Å². The van der Waals surface area contributed by atoms with Gasteiger partial charge in [-0.15, -0.1) is 0 Å². The second-order valence-corrected chi connectivity index (χ2v) is 6.29. The lowest BCUT2D eigenvalue weighted by Crippen LogP contribution is -2.09. The minimum absolute atomic E-state index is 0.0556.